The molecule has 1 aromatic heterocycles. The smallest absolute Gasteiger partial charge is 0.261 e. The number of nitrogens with one attached hydrogen (secondary N) is 1. The molecule has 2 amide bonds. The van der Waals surface area contributed by atoms with Gasteiger partial charge in [-0.05, 0) is 31.9 Å². The fraction of sp³-hybridized carbons (Fsp3) is 0.647. The topological polar surface area (TPSA) is 61.9 Å². The molecule has 2 aliphatic rings. The van der Waals surface area contributed by atoms with Gasteiger partial charge in [-0.1, -0.05) is 0 Å². The van der Waals surface area contributed by atoms with Crippen LogP contribution in [0.25, 0.3) is 0 Å². The quantitative estimate of drug-likeness (QED) is 0.863. The Kier molecular flexibility index (Phi) is 5.86. The van der Waals surface area contributed by atoms with E-state index in [2.05, 4.69) is 10.2 Å². The molecule has 3 rings (SSSR count). The molecule has 1 N–H and O–H groups in total. The summed E-state index contributed by atoms with van der Waals surface area (Å²) in [5.74, 6) is -0.174. The first kappa shape index (κ1) is 17.4. The fourth-order valence-corrected chi connectivity index (χ4v) is 3.95. The van der Waals surface area contributed by atoms with Crippen LogP contribution in [0.5, 0.6) is 0 Å². The number of rotatable bonds is 5. The van der Waals surface area contributed by atoms with E-state index in [1.165, 1.54) is 11.3 Å². The Morgan fingerprint density at radius 2 is 2.08 bits per heavy atom. The number of thiophene rings is 1. The number of carbonyl (C=O) groups is 2. The molecule has 132 valence electrons. The molecule has 1 aromatic rings. The third-order valence-electron chi connectivity index (χ3n) is 4.58. The number of piperazine rings is 1. The van der Waals surface area contributed by atoms with Crippen LogP contribution in [0.3, 0.4) is 0 Å². The van der Waals surface area contributed by atoms with Gasteiger partial charge in [0, 0.05) is 44.2 Å². The van der Waals surface area contributed by atoms with Gasteiger partial charge in [-0.25, -0.2) is 0 Å². The van der Waals surface area contributed by atoms with Crippen LogP contribution in [-0.2, 0) is 9.53 Å². The summed E-state index contributed by atoms with van der Waals surface area (Å²) in [5, 5.41) is 2.73. The van der Waals surface area contributed by atoms with Gasteiger partial charge in [-0.3, -0.25) is 14.5 Å². The van der Waals surface area contributed by atoms with Crippen LogP contribution in [0.4, 0.5) is 0 Å². The Balaban J connectivity index is 1.38. The number of ether oxygens (including phenoxy) is 1. The lowest BCUT2D eigenvalue weighted by Crippen LogP contribution is -2.52. The number of nitrogens with zero attached hydrogens (tertiary/aromatic N) is 2. The van der Waals surface area contributed by atoms with Crippen LogP contribution in [0.15, 0.2) is 12.1 Å². The Hall–Kier alpha value is -1.44. The first-order chi connectivity index (χ1) is 11.6. The lowest BCUT2D eigenvalue weighted by Gasteiger charge is -2.35. The molecule has 2 saturated heterocycles. The fourth-order valence-electron chi connectivity index (χ4n) is 3.17. The van der Waals surface area contributed by atoms with Crippen molar-refractivity contribution >= 4 is 23.2 Å². The van der Waals surface area contributed by atoms with Gasteiger partial charge in [0.2, 0.25) is 5.91 Å². The van der Waals surface area contributed by atoms with Gasteiger partial charge in [-0.15, -0.1) is 11.3 Å². The molecule has 0 aliphatic carbocycles. The number of carbonyl (C=O) groups excluding carboxylic acids is 2. The van der Waals surface area contributed by atoms with Gasteiger partial charge >= 0.3 is 0 Å². The average molecular weight is 351 g/mol. The van der Waals surface area contributed by atoms with Gasteiger partial charge in [0.1, 0.15) is 0 Å². The summed E-state index contributed by atoms with van der Waals surface area (Å²) in [5.41, 5.74) is 0. The molecule has 2 fully saturated rings. The largest absolute Gasteiger partial charge is 0.377 e. The van der Waals surface area contributed by atoms with Crippen molar-refractivity contribution in [3.05, 3.63) is 21.9 Å². The summed E-state index contributed by atoms with van der Waals surface area (Å²) in [4.78, 5) is 30.2. The summed E-state index contributed by atoms with van der Waals surface area (Å²) in [7, 11) is 0. The van der Waals surface area contributed by atoms with Gasteiger partial charge in [0.25, 0.3) is 5.91 Å². The molecule has 0 bridgehead atoms. The SMILES string of the molecule is Cc1ccc(C(=O)NCC(=O)N2CCN(CC3CCCO3)CC2)s1. The number of aryl methyl sites for hydroxylation is 1. The number of hydrogen-bond donors (Lipinski definition) is 1. The third kappa shape index (κ3) is 4.55. The van der Waals surface area contributed by atoms with Gasteiger partial charge in [-0.2, -0.15) is 0 Å². The molecule has 0 aromatic carbocycles. The Labute approximate surface area is 146 Å². The summed E-state index contributed by atoms with van der Waals surface area (Å²) < 4.78 is 5.67. The maximum atomic E-state index is 12.3. The van der Waals surface area contributed by atoms with E-state index in [-0.39, 0.29) is 18.4 Å². The number of hydrogen-bond acceptors (Lipinski definition) is 5. The van der Waals surface area contributed by atoms with Crippen LogP contribution >= 0.6 is 11.3 Å². The summed E-state index contributed by atoms with van der Waals surface area (Å²) in [6.45, 7) is 7.08. The maximum absolute atomic E-state index is 12.3. The van der Waals surface area contributed by atoms with Crippen molar-refractivity contribution in [3.8, 4) is 0 Å². The van der Waals surface area contributed by atoms with E-state index in [1.807, 2.05) is 17.9 Å². The number of amides is 2. The third-order valence-corrected chi connectivity index (χ3v) is 5.57. The molecular formula is C17H25N3O3S. The van der Waals surface area contributed by atoms with E-state index in [1.54, 1.807) is 6.07 Å². The van der Waals surface area contributed by atoms with E-state index in [0.717, 1.165) is 57.0 Å². The van der Waals surface area contributed by atoms with Crippen molar-refractivity contribution in [1.29, 1.82) is 0 Å². The zero-order valence-corrected chi connectivity index (χ0v) is 14.9. The predicted octanol–water partition coefficient (Wildman–Crippen LogP) is 1.11. The van der Waals surface area contributed by atoms with E-state index >= 15 is 0 Å². The highest BCUT2D eigenvalue weighted by molar-refractivity contribution is 7.13. The van der Waals surface area contributed by atoms with Crippen LogP contribution < -0.4 is 5.32 Å². The molecule has 0 saturated carbocycles. The minimum Gasteiger partial charge on any atom is -0.377 e. The molecule has 0 radical (unpaired) electrons. The van der Waals surface area contributed by atoms with Gasteiger partial charge in [0.15, 0.2) is 0 Å². The zero-order valence-electron chi connectivity index (χ0n) is 14.1. The Morgan fingerprint density at radius 1 is 1.29 bits per heavy atom. The highest BCUT2D eigenvalue weighted by atomic mass is 32.1. The van der Waals surface area contributed by atoms with Crippen molar-refractivity contribution in [2.24, 2.45) is 0 Å². The zero-order chi connectivity index (χ0) is 16.9. The van der Waals surface area contributed by atoms with Crippen molar-refractivity contribution < 1.29 is 14.3 Å². The second-order valence-corrected chi connectivity index (χ2v) is 7.70. The monoisotopic (exact) mass is 351 g/mol. The minimum absolute atomic E-state index is 0.00612. The maximum Gasteiger partial charge on any atom is 0.261 e. The molecule has 6 nitrogen and oxygen atoms in total. The highest BCUT2D eigenvalue weighted by Gasteiger charge is 2.25. The second kappa shape index (κ2) is 8.09. The molecule has 24 heavy (non-hydrogen) atoms. The molecule has 2 aliphatic heterocycles. The van der Waals surface area contributed by atoms with Crippen molar-refractivity contribution in [1.82, 2.24) is 15.1 Å². The minimum atomic E-state index is -0.168. The van der Waals surface area contributed by atoms with Crippen molar-refractivity contribution in [2.75, 3.05) is 45.9 Å². The van der Waals surface area contributed by atoms with E-state index < -0.39 is 0 Å². The first-order valence-corrected chi connectivity index (χ1v) is 9.40. The summed E-state index contributed by atoms with van der Waals surface area (Å²) in [6.07, 6.45) is 2.67. The summed E-state index contributed by atoms with van der Waals surface area (Å²) in [6, 6.07) is 3.71. The lowest BCUT2D eigenvalue weighted by molar-refractivity contribution is -0.132. The van der Waals surface area contributed by atoms with E-state index in [0.29, 0.717) is 11.0 Å². The molecular weight excluding hydrogens is 326 g/mol. The van der Waals surface area contributed by atoms with Crippen LogP contribution in [-0.4, -0.2) is 73.6 Å². The van der Waals surface area contributed by atoms with Gasteiger partial charge in [0.05, 0.1) is 17.5 Å². The van der Waals surface area contributed by atoms with Crippen LogP contribution in [0.2, 0.25) is 0 Å². The molecule has 1 atom stereocenters. The molecule has 3 heterocycles. The standard InChI is InChI=1S/C17H25N3O3S/c1-13-4-5-15(24-13)17(22)18-11-16(21)20-8-6-19(7-9-20)12-14-3-2-10-23-14/h4-5,14H,2-3,6-12H2,1H3,(H,18,22). The van der Waals surface area contributed by atoms with E-state index in [9.17, 15) is 9.59 Å². The van der Waals surface area contributed by atoms with Crippen LogP contribution in [0, 0.1) is 6.92 Å². The normalized spacial score (nSPS) is 21.9. The molecule has 1 unspecified atom stereocenters. The second-order valence-electron chi connectivity index (χ2n) is 6.41. The highest BCUT2D eigenvalue weighted by Crippen LogP contribution is 2.15. The van der Waals surface area contributed by atoms with Crippen LogP contribution in [0.1, 0.15) is 27.4 Å². The Morgan fingerprint density at radius 3 is 2.71 bits per heavy atom. The van der Waals surface area contributed by atoms with Crippen molar-refractivity contribution in [3.63, 3.8) is 0 Å². The average Bonchev–Trinajstić information content (AvgIpc) is 3.24. The lowest BCUT2D eigenvalue weighted by atomic mass is 10.2. The Bertz CT molecular complexity index is 575. The van der Waals surface area contributed by atoms with Crippen molar-refractivity contribution in [2.45, 2.75) is 25.9 Å². The first-order valence-electron chi connectivity index (χ1n) is 8.58. The molecule has 0 spiro atoms. The van der Waals surface area contributed by atoms with E-state index in [4.69, 9.17) is 4.74 Å². The predicted molar refractivity (Wildman–Crippen MR) is 93.4 cm³/mol. The molecule has 7 heteroatoms. The summed E-state index contributed by atoms with van der Waals surface area (Å²) >= 11 is 1.44. The van der Waals surface area contributed by atoms with Gasteiger partial charge < -0.3 is 15.0 Å².